The van der Waals surface area contributed by atoms with Crippen molar-refractivity contribution in [1.29, 1.82) is 0 Å². The van der Waals surface area contributed by atoms with Crippen LogP contribution in [0.1, 0.15) is 25.2 Å². The van der Waals surface area contributed by atoms with Crippen LogP contribution in [0.2, 0.25) is 5.02 Å². The lowest BCUT2D eigenvalue weighted by molar-refractivity contribution is -0.224. The summed E-state index contributed by atoms with van der Waals surface area (Å²) in [6.07, 6.45) is -0.940. The van der Waals surface area contributed by atoms with Crippen molar-refractivity contribution >= 4 is 23.5 Å². The molecule has 184 valence electrons. The first-order valence-electron chi connectivity index (χ1n) is 11.4. The van der Waals surface area contributed by atoms with Gasteiger partial charge in [0, 0.05) is 55.6 Å². The molecule has 1 aromatic carbocycles. The van der Waals surface area contributed by atoms with E-state index in [1.54, 1.807) is 30.6 Å². The highest BCUT2D eigenvalue weighted by Crippen LogP contribution is 2.44. The lowest BCUT2D eigenvalue weighted by Crippen LogP contribution is -2.73. The van der Waals surface area contributed by atoms with Gasteiger partial charge in [-0.3, -0.25) is 9.47 Å². The largest absolute Gasteiger partial charge is 0.406 e. The van der Waals surface area contributed by atoms with E-state index in [1.807, 2.05) is 10.6 Å². The second kappa shape index (κ2) is 7.54. The van der Waals surface area contributed by atoms with Gasteiger partial charge in [-0.05, 0) is 43.7 Å². The molecule has 0 aliphatic carbocycles. The molecule has 0 bridgehead atoms. The van der Waals surface area contributed by atoms with Gasteiger partial charge in [0.2, 0.25) is 11.9 Å². The van der Waals surface area contributed by atoms with Gasteiger partial charge in [-0.15, -0.1) is 10.2 Å². The summed E-state index contributed by atoms with van der Waals surface area (Å²) in [6.45, 7) is 5.79. The summed E-state index contributed by atoms with van der Waals surface area (Å²) < 4.78 is 43.7. The average Bonchev–Trinajstić information content (AvgIpc) is 3.06. The van der Waals surface area contributed by atoms with Crippen molar-refractivity contribution in [3.8, 4) is 5.69 Å². The van der Waals surface area contributed by atoms with Gasteiger partial charge in [0.1, 0.15) is 5.54 Å². The van der Waals surface area contributed by atoms with E-state index >= 15 is 0 Å². The highest BCUT2D eigenvalue weighted by molar-refractivity contribution is 6.30. The Morgan fingerprint density at radius 2 is 1.63 bits per heavy atom. The van der Waals surface area contributed by atoms with Crippen molar-refractivity contribution < 1.29 is 13.2 Å². The molecule has 0 amide bonds. The first kappa shape index (κ1) is 22.5. The normalized spacial score (nSPS) is 19.6. The number of fused-ring (bicyclic) bond motifs is 3. The van der Waals surface area contributed by atoms with Crippen LogP contribution in [0.25, 0.3) is 5.69 Å². The maximum atomic E-state index is 13.9. The maximum Gasteiger partial charge on any atom is 0.406 e. The van der Waals surface area contributed by atoms with Crippen LogP contribution in [-0.2, 0) is 13.1 Å². The van der Waals surface area contributed by atoms with E-state index in [4.69, 9.17) is 11.6 Å². The fourth-order valence-corrected chi connectivity index (χ4v) is 5.43. The lowest BCUT2D eigenvalue weighted by Gasteiger charge is -2.60. The van der Waals surface area contributed by atoms with E-state index < -0.39 is 11.7 Å². The second-order valence-electron chi connectivity index (χ2n) is 10.2. The third-order valence-electron chi connectivity index (χ3n) is 7.40. The Balaban J connectivity index is 1.29. The third-order valence-corrected chi connectivity index (χ3v) is 7.63. The SMILES string of the molecule is CC(C)(N1Cc2cc(Cl)ccc2-n2c(nnc2N2CC3(CN(c4ncccn4)C3)C2)C1)C(F)(F)F. The van der Waals surface area contributed by atoms with Crippen molar-refractivity contribution in [1.82, 2.24) is 29.6 Å². The number of anilines is 2. The van der Waals surface area contributed by atoms with Gasteiger partial charge in [0.05, 0.1) is 12.2 Å². The lowest BCUT2D eigenvalue weighted by atomic mass is 9.73. The summed E-state index contributed by atoms with van der Waals surface area (Å²) in [6, 6.07) is 7.12. The number of rotatable bonds is 3. The van der Waals surface area contributed by atoms with Crippen LogP contribution in [-0.4, -0.2) is 67.5 Å². The Morgan fingerprint density at radius 3 is 2.31 bits per heavy atom. The van der Waals surface area contributed by atoms with E-state index in [1.165, 1.54) is 18.7 Å². The summed E-state index contributed by atoms with van der Waals surface area (Å²) in [5, 5.41) is 9.24. The Hall–Kier alpha value is -2.92. The molecule has 0 saturated carbocycles. The molecule has 0 N–H and O–H groups in total. The van der Waals surface area contributed by atoms with Crippen LogP contribution in [0, 0.1) is 5.41 Å². The first-order valence-corrected chi connectivity index (χ1v) is 11.8. The van der Waals surface area contributed by atoms with Crippen LogP contribution < -0.4 is 9.80 Å². The van der Waals surface area contributed by atoms with Crippen molar-refractivity contribution in [2.75, 3.05) is 36.0 Å². The number of halogens is 4. The van der Waals surface area contributed by atoms with E-state index in [2.05, 4.69) is 30.0 Å². The molecule has 3 aliphatic rings. The fourth-order valence-electron chi connectivity index (χ4n) is 5.23. The Bertz CT molecular complexity index is 1260. The molecule has 0 unspecified atom stereocenters. The van der Waals surface area contributed by atoms with Crippen LogP contribution in [0.15, 0.2) is 36.7 Å². The molecule has 3 aliphatic heterocycles. The topological polar surface area (TPSA) is 66.2 Å². The third kappa shape index (κ3) is 3.55. The van der Waals surface area contributed by atoms with Crippen molar-refractivity contribution in [2.24, 2.45) is 5.41 Å². The molecule has 1 spiro atoms. The molecular weight excluding hydrogens is 481 g/mol. The first-order chi connectivity index (χ1) is 16.6. The summed E-state index contributed by atoms with van der Waals surface area (Å²) in [4.78, 5) is 14.3. The zero-order valence-corrected chi connectivity index (χ0v) is 20.1. The molecule has 2 aromatic heterocycles. The van der Waals surface area contributed by atoms with Crippen LogP contribution in [0.4, 0.5) is 25.1 Å². The van der Waals surface area contributed by atoms with E-state index in [9.17, 15) is 13.2 Å². The standard InChI is InChI=1S/C23H24ClF3N8/c1-21(2,23(25,26)27)34-9-15-8-16(24)4-5-17(15)35-18(10-34)30-31-20(35)33-13-22(14-33)11-32(12-22)19-28-6-3-7-29-19/h3-8H,9-14H2,1-2H3. The van der Waals surface area contributed by atoms with Gasteiger partial charge in [0.25, 0.3) is 0 Å². The smallest absolute Gasteiger partial charge is 0.339 e. The van der Waals surface area contributed by atoms with E-state index in [-0.39, 0.29) is 18.5 Å². The van der Waals surface area contributed by atoms with Gasteiger partial charge in [-0.25, -0.2) is 9.97 Å². The molecular formula is C23H24ClF3N8. The Labute approximate surface area is 205 Å². The van der Waals surface area contributed by atoms with Gasteiger partial charge >= 0.3 is 6.18 Å². The number of nitrogens with zero attached hydrogens (tertiary/aromatic N) is 8. The molecule has 6 rings (SSSR count). The molecule has 35 heavy (non-hydrogen) atoms. The minimum absolute atomic E-state index is 0.0178. The quantitative estimate of drug-likeness (QED) is 0.539. The highest BCUT2D eigenvalue weighted by Gasteiger charge is 2.55. The maximum absolute atomic E-state index is 13.9. The molecule has 0 atom stereocenters. The number of alkyl halides is 3. The van der Waals surface area contributed by atoms with Gasteiger partial charge in [-0.1, -0.05) is 11.6 Å². The minimum atomic E-state index is -4.41. The number of benzene rings is 1. The molecule has 0 radical (unpaired) electrons. The average molecular weight is 505 g/mol. The predicted molar refractivity (Wildman–Crippen MR) is 125 cm³/mol. The van der Waals surface area contributed by atoms with Crippen molar-refractivity contribution in [2.45, 2.75) is 38.7 Å². The summed E-state index contributed by atoms with van der Waals surface area (Å²) >= 11 is 6.25. The fraction of sp³-hybridized carbons (Fsp3) is 0.478. The van der Waals surface area contributed by atoms with Gasteiger partial charge < -0.3 is 9.80 Å². The molecule has 8 nitrogen and oxygen atoms in total. The minimum Gasteiger partial charge on any atom is -0.339 e. The molecule has 5 heterocycles. The molecule has 12 heteroatoms. The zero-order valence-electron chi connectivity index (χ0n) is 19.3. The van der Waals surface area contributed by atoms with Crippen molar-refractivity contribution in [3.63, 3.8) is 0 Å². The predicted octanol–water partition coefficient (Wildman–Crippen LogP) is 3.69. The van der Waals surface area contributed by atoms with E-state index in [0.717, 1.165) is 37.8 Å². The van der Waals surface area contributed by atoms with Crippen molar-refractivity contribution in [3.05, 3.63) is 53.1 Å². The van der Waals surface area contributed by atoms with Crippen LogP contribution in [0.5, 0.6) is 0 Å². The highest BCUT2D eigenvalue weighted by atomic mass is 35.5. The number of hydrogen-bond acceptors (Lipinski definition) is 7. The molecule has 3 aromatic rings. The van der Waals surface area contributed by atoms with Crippen LogP contribution in [0.3, 0.4) is 0 Å². The molecule has 2 saturated heterocycles. The Morgan fingerprint density at radius 1 is 0.943 bits per heavy atom. The second-order valence-corrected chi connectivity index (χ2v) is 10.6. The number of hydrogen-bond donors (Lipinski definition) is 0. The summed E-state index contributed by atoms with van der Waals surface area (Å²) in [5.74, 6) is 1.86. The zero-order chi connectivity index (χ0) is 24.6. The molecule has 2 fully saturated rings. The van der Waals surface area contributed by atoms with Gasteiger partial charge in [0.15, 0.2) is 5.82 Å². The Kier molecular flexibility index (Phi) is 4.85. The monoisotopic (exact) mass is 504 g/mol. The summed E-state index contributed by atoms with van der Waals surface area (Å²) in [5.41, 5.74) is -0.452. The number of aromatic nitrogens is 5. The van der Waals surface area contributed by atoms with E-state index in [0.29, 0.717) is 22.4 Å². The van der Waals surface area contributed by atoms with Crippen LogP contribution >= 0.6 is 11.6 Å². The van der Waals surface area contributed by atoms with Gasteiger partial charge in [-0.2, -0.15) is 13.2 Å². The summed E-state index contributed by atoms with van der Waals surface area (Å²) in [7, 11) is 0.